The van der Waals surface area contributed by atoms with E-state index in [0.717, 1.165) is 10.0 Å². The Morgan fingerprint density at radius 2 is 2.05 bits per heavy atom. The molecular formula is C15H21BrClNO2. The normalized spacial score (nSPS) is 11.3. The molecule has 1 rings (SSSR count). The molecule has 0 bridgehead atoms. The minimum absolute atomic E-state index is 0.286. The second-order valence-electron chi connectivity index (χ2n) is 5.55. The number of nitrogens with zero attached hydrogens (tertiary/aromatic N) is 1. The van der Waals surface area contributed by atoms with Gasteiger partial charge in [-0.3, -0.25) is 0 Å². The van der Waals surface area contributed by atoms with Gasteiger partial charge in [-0.25, -0.2) is 4.79 Å². The Morgan fingerprint density at radius 1 is 1.40 bits per heavy atom. The molecule has 0 aliphatic heterocycles. The van der Waals surface area contributed by atoms with E-state index in [1.165, 1.54) is 0 Å². The monoisotopic (exact) mass is 361 g/mol. The summed E-state index contributed by atoms with van der Waals surface area (Å²) < 4.78 is 6.36. The zero-order valence-corrected chi connectivity index (χ0v) is 14.7. The van der Waals surface area contributed by atoms with Crippen molar-refractivity contribution in [2.24, 2.45) is 0 Å². The van der Waals surface area contributed by atoms with Gasteiger partial charge in [-0.2, -0.15) is 0 Å². The summed E-state index contributed by atoms with van der Waals surface area (Å²) in [5.74, 6) is 0. The van der Waals surface area contributed by atoms with Crippen LogP contribution in [0, 0.1) is 0 Å². The van der Waals surface area contributed by atoms with E-state index in [4.69, 9.17) is 16.3 Å². The van der Waals surface area contributed by atoms with E-state index < -0.39 is 5.60 Å². The maximum Gasteiger partial charge on any atom is 0.410 e. The molecule has 1 aromatic carbocycles. The van der Waals surface area contributed by atoms with Crippen LogP contribution in [0.15, 0.2) is 22.7 Å². The van der Waals surface area contributed by atoms with Gasteiger partial charge in [-0.1, -0.05) is 27.5 Å². The van der Waals surface area contributed by atoms with E-state index in [-0.39, 0.29) is 6.09 Å². The van der Waals surface area contributed by atoms with E-state index in [0.29, 0.717) is 24.5 Å². The largest absolute Gasteiger partial charge is 0.444 e. The van der Waals surface area contributed by atoms with Gasteiger partial charge in [0.15, 0.2) is 0 Å². The molecule has 0 radical (unpaired) electrons. The van der Waals surface area contributed by atoms with Crippen LogP contribution in [-0.4, -0.2) is 29.7 Å². The first kappa shape index (κ1) is 17.3. The molecular weight excluding hydrogens is 342 g/mol. The lowest BCUT2D eigenvalue weighted by molar-refractivity contribution is 0.0262. The maximum atomic E-state index is 12.0. The highest BCUT2D eigenvalue weighted by Crippen LogP contribution is 2.22. The number of carbonyl (C=O) groups excluding carboxylic acids is 1. The number of ether oxygens (including phenoxy) is 1. The number of amides is 1. The van der Waals surface area contributed by atoms with Crippen LogP contribution in [0.2, 0.25) is 5.02 Å². The number of rotatable bonds is 4. The van der Waals surface area contributed by atoms with E-state index in [9.17, 15) is 4.79 Å². The van der Waals surface area contributed by atoms with Gasteiger partial charge in [0.05, 0.1) is 0 Å². The molecule has 0 heterocycles. The minimum atomic E-state index is -0.474. The Balaban J connectivity index is 2.65. The van der Waals surface area contributed by atoms with Gasteiger partial charge in [0.2, 0.25) is 0 Å². The molecule has 0 spiro atoms. The van der Waals surface area contributed by atoms with Gasteiger partial charge in [0.1, 0.15) is 5.60 Å². The van der Waals surface area contributed by atoms with Crippen molar-refractivity contribution in [1.29, 1.82) is 0 Å². The van der Waals surface area contributed by atoms with E-state index in [1.807, 2.05) is 45.9 Å². The Hall–Kier alpha value is -0.740. The molecule has 5 heteroatoms. The van der Waals surface area contributed by atoms with Crippen molar-refractivity contribution in [2.45, 2.75) is 39.7 Å². The average molecular weight is 363 g/mol. The Morgan fingerprint density at radius 3 is 2.60 bits per heavy atom. The predicted octanol–water partition coefficient (Wildman–Crippen LogP) is 4.90. The van der Waals surface area contributed by atoms with Gasteiger partial charge < -0.3 is 9.64 Å². The van der Waals surface area contributed by atoms with Crippen molar-refractivity contribution in [2.75, 3.05) is 13.1 Å². The van der Waals surface area contributed by atoms with Crippen molar-refractivity contribution < 1.29 is 9.53 Å². The molecule has 0 fully saturated rings. The molecule has 1 amide bonds. The Bertz CT molecular complexity index is 471. The summed E-state index contributed by atoms with van der Waals surface area (Å²) in [6, 6.07) is 5.73. The minimum Gasteiger partial charge on any atom is -0.444 e. The molecule has 0 atom stereocenters. The van der Waals surface area contributed by atoms with Crippen LogP contribution in [0.25, 0.3) is 0 Å². The third-order valence-electron chi connectivity index (χ3n) is 2.69. The van der Waals surface area contributed by atoms with E-state index >= 15 is 0 Å². The van der Waals surface area contributed by atoms with Crippen molar-refractivity contribution in [1.82, 2.24) is 4.90 Å². The Labute approximate surface area is 134 Å². The van der Waals surface area contributed by atoms with Crippen molar-refractivity contribution in [3.05, 3.63) is 33.3 Å². The summed E-state index contributed by atoms with van der Waals surface area (Å²) in [6.07, 6.45) is 0.414. The summed E-state index contributed by atoms with van der Waals surface area (Å²) in [5.41, 5.74) is 0.542. The lowest BCUT2D eigenvalue weighted by atomic mass is 10.1. The van der Waals surface area contributed by atoms with Crippen LogP contribution in [0.1, 0.15) is 33.3 Å². The summed E-state index contributed by atoms with van der Waals surface area (Å²) in [5, 5.41) is 0.716. The summed E-state index contributed by atoms with van der Waals surface area (Å²) in [6.45, 7) is 8.73. The molecule has 0 aliphatic carbocycles. The number of halogens is 2. The predicted molar refractivity (Wildman–Crippen MR) is 86.3 cm³/mol. The number of likely N-dealkylation sites (N-methyl/N-ethyl adjacent to an activating group) is 1. The number of hydrogen-bond donors (Lipinski definition) is 0. The highest BCUT2D eigenvalue weighted by atomic mass is 79.9. The second-order valence-corrected chi connectivity index (χ2v) is 6.87. The summed E-state index contributed by atoms with van der Waals surface area (Å²) in [4.78, 5) is 13.7. The third-order valence-corrected chi connectivity index (χ3v) is 3.55. The fraction of sp³-hybridized carbons (Fsp3) is 0.533. The molecule has 0 aromatic heterocycles. The molecule has 1 aromatic rings. The van der Waals surface area contributed by atoms with E-state index in [2.05, 4.69) is 15.9 Å². The number of carbonyl (C=O) groups is 1. The molecule has 112 valence electrons. The summed E-state index contributed by atoms with van der Waals surface area (Å²) in [7, 11) is 0. The fourth-order valence-electron chi connectivity index (χ4n) is 1.70. The van der Waals surface area contributed by atoms with Crippen molar-refractivity contribution >= 4 is 33.6 Å². The van der Waals surface area contributed by atoms with Crippen LogP contribution in [0.3, 0.4) is 0 Å². The van der Waals surface area contributed by atoms with Gasteiger partial charge in [-0.15, -0.1) is 0 Å². The van der Waals surface area contributed by atoms with Crippen LogP contribution in [0.4, 0.5) is 4.79 Å². The fourth-order valence-corrected chi connectivity index (χ4v) is 2.32. The van der Waals surface area contributed by atoms with E-state index in [1.54, 1.807) is 4.90 Å². The van der Waals surface area contributed by atoms with Crippen molar-refractivity contribution in [3.8, 4) is 0 Å². The first-order chi connectivity index (χ1) is 9.23. The van der Waals surface area contributed by atoms with Gasteiger partial charge in [-0.05, 0) is 57.9 Å². The average Bonchev–Trinajstić information content (AvgIpc) is 2.32. The zero-order valence-electron chi connectivity index (χ0n) is 12.4. The number of benzene rings is 1. The van der Waals surface area contributed by atoms with Crippen LogP contribution in [0.5, 0.6) is 0 Å². The smallest absolute Gasteiger partial charge is 0.410 e. The molecule has 0 N–H and O–H groups in total. The second kappa shape index (κ2) is 7.32. The quantitative estimate of drug-likeness (QED) is 0.762. The lowest BCUT2D eigenvalue weighted by Gasteiger charge is -2.26. The standard InChI is InChI=1S/C15H21BrClNO2/c1-5-18(14(19)20-15(2,3)4)9-8-11-10-12(16)6-7-13(11)17/h6-7,10H,5,8-9H2,1-4H3. The molecule has 0 saturated heterocycles. The van der Waals surface area contributed by atoms with Crippen molar-refractivity contribution in [3.63, 3.8) is 0 Å². The van der Waals surface area contributed by atoms with Gasteiger partial charge in [0, 0.05) is 22.6 Å². The van der Waals surface area contributed by atoms with Crippen LogP contribution in [-0.2, 0) is 11.2 Å². The molecule has 0 aliphatic rings. The topological polar surface area (TPSA) is 29.5 Å². The third kappa shape index (κ3) is 5.71. The molecule has 0 saturated carbocycles. The summed E-state index contributed by atoms with van der Waals surface area (Å²) >= 11 is 9.58. The highest BCUT2D eigenvalue weighted by Gasteiger charge is 2.21. The zero-order chi connectivity index (χ0) is 15.3. The maximum absolute atomic E-state index is 12.0. The van der Waals surface area contributed by atoms with Gasteiger partial charge >= 0.3 is 6.09 Å². The number of hydrogen-bond acceptors (Lipinski definition) is 2. The molecule has 0 unspecified atom stereocenters. The first-order valence-corrected chi connectivity index (χ1v) is 7.82. The first-order valence-electron chi connectivity index (χ1n) is 6.65. The SMILES string of the molecule is CCN(CCc1cc(Br)ccc1Cl)C(=O)OC(C)(C)C. The van der Waals surface area contributed by atoms with Gasteiger partial charge in [0.25, 0.3) is 0 Å². The Kier molecular flexibility index (Phi) is 6.34. The molecule has 3 nitrogen and oxygen atoms in total. The lowest BCUT2D eigenvalue weighted by Crippen LogP contribution is -2.37. The highest BCUT2D eigenvalue weighted by molar-refractivity contribution is 9.10. The molecule has 20 heavy (non-hydrogen) atoms. The van der Waals surface area contributed by atoms with Crippen LogP contribution < -0.4 is 0 Å². The van der Waals surface area contributed by atoms with Crippen LogP contribution >= 0.6 is 27.5 Å².